The summed E-state index contributed by atoms with van der Waals surface area (Å²) < 4.78 is 0. The summed E-state index contributed by atoms with van der Waals surface area (Å²) in [5.41, 5.74) is 2.22. The zero-order chi connectivity index (χ0) is 12.6. The molecular formula is C13H20N2O2. The normalized spacial score (nSPS) is 24.4. The number of anilines is 1. The maximum atomic E-state index is 10.00. The summed E-state index contributed by atoms with van der Waals surface area (Å²) in [6.45, 7) is 7.14. The highest BCUT2D eigenvalue weighted by Crippen LogP contribution is 2.29. The summed E-state index contributed by atoms with van der Waals surface area (Å²) in [6, 6.07) is 1.98. The number of aryl methyl sites for hydroxylation is 2. The molecule has 0 amide bonds. The molecule has 1 saturated heterocycles. The maximum absolute atomic E-state index is 10.00. The standard InChI is InChI=1S/C13H20N2O2/c1-9-6-10(2)14-12(11(9)7-16)15-5-4-13(3,17)8-15/h6,16-17H,4-5,7-8H2,1-3H3. The molecule has 1 aromatic heterocycles. The molecule has 1 atom stereocenters. The van der Waals surface area contributed by atoms with E-state index in [4.69, 9.17) is 0 Å². The van der Waals surface area contributed by atoms with Crippen LogP contribution in [0.1, 0.15) is 30.2 Å². The number of rotatable bonds is 2. The Balaban J connectivity index is 2.38. The van der Waals surface area contributed by atoms with Crippen LogP contribution in [-0.4, -0.2) is 33.9 Å². The number of aliphatic hydroxyl groups excluding tert-OH is 1. The monoisotopic (exact) mass is 236 g/mol. The van der Waals surface area contributed by atoms with Crippen molar-refractivity contribution in [3.05, 3.63) is 22.9 Å². The minimum Gasteiger partial charge on any atom is -0.392 e. The van der Waals surface area contributed by atoms with E-state index in [0.29, 0.717) is 6.54 Å². The number of hydrogen-bond donors (Lipinski definition) is 2. The number of aliphatic hydroxyl groups is 2. The van der Waals surface area contributed by atoms with Gasteiger partial charge in [0, 0.05) is 24.3 Å². The molecule has 2 N–H and O–H groups in total. The van der Waals surface area contributed by atoms with Gasteiger partial charge in [-0.3, -0.25) is 0 Å². The molecule has 4 nitrogen and oxygen atoms in total. The van der Waals surface area contributed by atoms with Gasteiger partial charge < -0.3 is 15.1 Å². The van der Waals surface area contributed by atoms with Crippen LogP contribution in [0.15, 0.2) is 6.07 Å². The van der Waals surface area contributed by atoms with Crippen LogP contribution in [0.3, 0.4) is 0 Å². The van der Waals surface area contributed by atoms with Gasteiger partial charge in [0.1, 0.15) is 5.82 Å². The Kier molecular flexibility index (Phi) is 3.10. The second kappa shape index (κ2) is 4.27. The van der Waals surface area contributed by atoms with Gasteiger partial charge in [0.05, 0.1) is 12.2 Å². The van der Waals surface area contributed by atoms with Crippen molar-refractivity contribution in [2.45, 2.75) is 39.4 Å². The molecule has 2 rings (SSSR count). The molecule has 17 heavy (non-hydrogen) atoms. The minimum atomic E-state index is -0.647. The van der Waals surface area contributed by atoms with Gasteiger partial charge >= 0.3 is 0 Å². The van der Waals surface area contributed by atoms with Crippen LogP contribution in [0.2, 0.25) is 0 Å². The van der Waals surface area contributed by atoms with Gasteiger partial charge in [-0.1, -0.05) is 0 Å². The first kappa shape index (κ1) is 12.3. The third-order valence-corrected chi connectivity index (χ3v) is 3.36. The molecule has 94 valence electrons. The molecule has 1 aromatic rings. The van der Waals surface area contributed by atoms with E-state index >= 15 is 0 Å². The SMILES string of the molecule is Cc1cc(C)c(CO)c(N2CCC(C)(O)C2)n1. The lowest BCUT2D eigenvalue weighted by atomic mass is 10.1. The van der Waals surface area contributed by atoms with Gasteiger partial charge in [0.15, 0.2) is 0 Å². The Morgan fingerprint density at radius 2 is 2.18 bits per heavy atom. The molecule has 1 fully saturated rings. The smallest absolute Gasteiger partial charge is 0.134 e. The van der Waals surface area contributed by atoms with Crippen molar-refractivity contribution in [2.24, 2.45) is 0 Å². The third-order valence-electron chi connectivity index (χ3n) is 3.36. The average Bonchev–Trinajstić information content (AvgIpc) is 2.57. The lowest BCUT2D eigenvalue weighted by Gasteiger charge is -2.23. The molecule has 1 aliphatic heterocycles. The Labute approximate surface area is 102 Å². The van der Waals surface area contributed by atoms with Crippen LogP contribution in [0.5, 0.6) is 0 Å². The first-order valence-electron chi connectivity index (χ1n) is 5.98. The van der Waals surface area contributed by atoms with Crippen molar-refractivity contribution >= 4 is 5.82 Å². The first-order chi connectivity index (χ1) is 7.93. The highest BCUT2D eigenvalue weighted by atomic mass is 16.3. The van der Waals surface area contributed by atoms with E-state index in [-0.39, 0.29) is 6.61 Å². The number of aromatic nitrogens is 1. The van der Waals surface area contributed by atoms with E-state index in [1.165, 1.54) is 0 Å². The Morgan fingerprint density at radius 1 is 1.47 bits per heavy atom. The quantitative estimate of drug-likeness (QED) is 0.809. The molecule has 0 aromatic carbocycles. The summed E-state index contributed by atoms with van der Waals surface area (Å²) in [4.78, 5) is 6.57. The van der Waals surface area contributed by atoms with E-state index in [2.05, 4.69) is 9.88 Å². The fraction of sp³-hybridized carbons (Fsp3) is 0.615. The molecule has 2 heterocycles. The van der Waals surface area contributed by atoms with Gasteiger partial charge in [-0.2, -0.15) is 0 Å². The molecule has 0 radical (unpaired) electrons. The highest BCUT2D eigenvalue weighted by molar-refractivity contribution is 5.52. The summed E-state index contributed by atoms with van der Waals surface area (Å²) >= 11 is 0. The van der Waals surface area contributed by atoms with Crippen LogP contribution in [0.25, 0.3) is 0 Å². The van der Waals surface area contributed by atoms with Gasteiger partial charge in [-0.25, -0.2) is 4.98 Å². The molecule has 4 heteroatoms. The van der Waals surface area contributed by atoms with Crippen molar-refractivity contribution < 1.29 is 10.2 Å². The van der Waals surface area contributed by atoms with E-state index in [1.807, 2.05) is 26.8 Å². The fourth-order valence-corrected chi connectivity index (χ4v) is 2.43. The summed E-state index contributed by atoms with van der Waals surface area (Å²) in [6.07, 6.45) is 0.743. The van der Waals surface area contributed by atoms with Crippen LogP contribution in [-0.2, 0) is 6.61 Å². The zero-order valence-electron chi connectivity index (χ0n) is 10.7. The topological polar surface area (TPSA) is 56.6 Å². The lowest BCUT2D eigenvalue weighted by Crippen LogP contribution is -2.30. The largest absolute Gasteiger partial charge is 0.392 e. The van der Waals surface area contributed by atoms with Crippen molar-refractivity contribution in [1.29, 1.82) is 0 Å². The Hall–Kier alpha value is -1.13. The van der Waals surface area contributed by atoms with Crippen LogP contribution < -0.4 is 4.90 Å². The lowest BCUT2D eigenvalue weighted by molar-refractivity contribution is 0.0838. The molecule has 0 bridgehead atoms. The van der Waals surface area contributed by atoms with E-state index in [1.54, 1.807) is 0 Å². The number of pyridine rings is 1. The van der Waals surface area contributed by atoms with Crippen LogP contribution in [0, 0.1) is 13.8 Å². The fourth-order valence-electron chi connectivity index (χ4n) is 2.43. The predicted molar refractivity (Wildman–Crippen MR) is 67.1 cm³/mol. The number of hydrogen-bond acceptors (Lipinski definition) is 4. The van der Waals surface area contributed by atoms with E-state index < -0.39 is 5.60 Å². The molecule has 1 unspecified atom stereocenters. The molecular weight excluding hydrogens is 216 g/mol. The van der Waals surface area contributed by atoms with Crippen molar-refractivity contribution in [1.82, 2.24) is 4.98 Å². The van der Waals surface area contributed by atoms with Crippen molar-refractivity contribution in [3.8, 4) is 0 Å². The molecule has 0 spiro atoms. The second-order valence-corrected chi connectivity index (χ2v) is 5.21. The van der Waals surface area contributed by atoms with Gasteiger partial charge in [0.25, 0.3) is 0 Å². The number of β-amino-alcohol motifs (C(OH)–C–C–N with tert-alkyl or cyclic N) is 1. The van der Waals surface area contributed by atoms with Crippen LogP contribution in [0.4, 0.5) is 5.82 Å². The summed E-state index contributed by atoms with van der Waals surface area (Å²) in [7, 11) is 0. The highest BCUT2D eigenvalue weighted by Gasteiger charge is 2.33. The zero-order valence-corrected chi connectivity index (χ0v) is 10.7. The Morgan fingerprint density at radius 3 is 2.71 bits per heavy atom. The maximum Gasteiger partial charge on any atom is 0.134 e. The minimum absolute atomic E-state index is 0.00686. The molecule has 0 aliphatic carbocycles. The number of nitrogens with zero attached hydrogens (tertiary/aromatic N) is 2. The van der Waals surface area contributed by atoms with E-state index in [0.717, 1.165) is 35.6 Å². The third kappa shape index (κ3) is 2.42. The van der Waals surface area contributed by atoms with Crippen molar-refractivity contribution in [2.75, 3.05) is 18.0 Å². The predicted octanol–water partition coefficient (Wildman–Crippen LogP) is 1.15. The van der Waals surface area contributed by atoms with Gasteiger partial charge in [-0.15, -0.1) is 0 Å². The summed E-state index contributed by atoms with van der Waals surface area (Å²) in [5.74, 6) is 0.822. The van der Waals surface area contributed by atoms with E-state index in [9.17, 15) is 10.2 Å². The molecule has 0 saturated carbocycles. The second-order valence-electron chi connectivity index (χ2n) is 5.21. The average molecular weight is 236 g/mol. The van der Waals surface area contributed by atoms with Gasteiger partial charge in [-0.05, 0) is 38.8 Å². The van der Waals surface area contributed by atoms with Crippen molar-refractivity contribution in [3.63, 3.8) is 0 Å². The molecule has 1 aliphatic rings. The first-order valence-corrected chi connectivity index (χ1v) is 5.98. The Bertz CT molecular complexity index is 430. The van der Waals surface area contributed by atoms with Crippen LogP contribution >= 0.6 is 0 Å². The summed E-state index contributed by atoms with van der Waals surface area (Å²) in [5, 5.41) is 19.4. The van der Waals surface area contributed by atoms with Gasteiger partial charge in [0.2, 0.25) is 0 Å².